The number of methoxy groups -OCH3 is 2. The quantitative estimate of drug-likeness (QED) is 0.741. The van der Waals surface area contributed by atoms with Crippen molar-refractivity contribution >= 4 is 23.2 Å². The van der Waals surface area contributed by atoms with Crippen LogP contribution in [0, 0.1) is 5.92 Å². The summed E-state index contributed by atoms with van der Waals surface area (Å²) in [4.78, 5) is 29.5. The highest BCUT2D eigenvalue weighted by Gasteiger charge is 2.35. The van der Waals surface area contributed by atoms with Gasteiger partial charge in [-0.1, -0.05) is 18.2 Å². The number of ether oxygens (including phenoxy) is 2. The van der Waals surface area contributed by atoms with Crippen LogP contribution in [0.5, 0.6) is 11.5 Å². The van der Waals surface area contributed by atoms with Crippen molar-refractivity contribution in [3.8, 4) is 11.5 Å². The van der Waals surface area contributed by atoms with Crippen LogP contribution in [0.3, 0.4) is 0 Å². The first-order valence-electron chi connectivity index (χ1n) is 10.7. The first kappa shape index (κ1) is 21.0. The van der Waals surface area contributed by atoms with Crippen molar-refractivity contribution < 1.29 is 19.1 Å². The molecule has 4 rings (SSSR count). The Hall–Kier alpha value is -3.22. The molecule has 2 fully saturated rings. The van der Waals surface area contributed by atoms with Gasteiger partial charge in [-0.15, -0.1) is 0 Å². The Morgan fingerprint density at radius 1 is 1.06 bits per heavy atom. The van der Waals surface area contributed by atoms with Crippen molar-refractivity contribution in [3.05, 3.63) is 48.0 Å². The van der Waals surface area contributed by atoms with E-state index in [0.29, 0.717) is 30.3 Å². The van der Waals surface area contributed by atoms with Gasteiger partial charge in [-0.3, -0.25) is 9.59 Å². The number of nitrogens with one attached hydrogen (secondary N) is 1. The first-order valence-corrected chi connectivity index (χ1v) is 10.7. The number of hydrogen-bond acceptors (Lipinski definition) is 5. The van der Waals surface area contributed by atoms with Gasteiger partial charge in [0.25, 0.3) is 0 Å². The molecule has 1 atom stereocenters. The molecule has 7 nitrogen and oxygen atoms in total. The second-order valence-electron chi connectivity index (χ2n) is 7.99. The number of para-hydroxylation sites is 1. The highest BCUT2D eigenvalue weighted by molar-refractivity contribution is 6.00. The van der Waals surface area contributed by atoms with Crippen molar-refractivity contribution in [2.45, 2.75) is 25.8 Å². The van der Waals surface area contributed by atoms with Crippen molar-refractivity contribution in [2.75, 3.05) is 43.7 Å². The van der Waals surface area contributed by atoms with Crippen LogP contribution in [0.1, 0.15) is 24.8 Å². The van der Waals surface area contributed by atoms with E-state index in [1.54, 1.807) is 31.3 Å². The lowest BCUT2D eigenvalue weighted by Crippen LogP contribution is -2.33. The number of hydrogen-bond donors (Lipinski definition) is 1. The molecule has 2 amide bonds. The number of carbonyl (C=O) groups excluding carboxylic acids is 2. The third-order valence-corrected chi connectivity index (χ3v) is 6.07. The fraction of sp³-hybridized carbons (Fsp3) is 0.417. The maximum atomic E-state index is 12.8. The molecule has 164 valence electrons. The van der Waals surface area contributed by atoms with Gasteiger partial charge in [0.05, 0.1) is 20.1 Å². The smallest absolute Gasteiger partial charge is 0.227 e. The third-order valence-electron chi connectivity index (χ3n) is 6.07. The van der Waals surface area contributed by atoms with Crippen LogP contribution in [-0.2, 0) is 16.1 Å². The minimum atomic E-state index is -0.375. The summed E-state index contributed by atoms with van der Waals surface area (Å²) in [7, 11) is 3.13. The molecule has 0 bridgehead atoms. The van der Waals surface area contributed by atoms with Gasteiger partial charge in [-0.25, -0.2) is 0 Å². The van der Waals surface area contributed by atoms with E-state index in [1.165, 1.54) is 18.5 Å². The molecule has 2 aliphatic rings. The molecule has 0 spiro atoms. The van der Waals surface area contributed by atoms with E-state index < -0.39 is 0 Å². The standard InChI is InChI=1S/C24H29N3O4/c1-30-21-10-9-19(14-22(21)31-2)27-16-18(13-23(27)28)24(29)25-15-17-7-3-4-8-20(17)26-11-5-6-12-26/h3-4,7-10,14,18H,5-6,11-13,15-16H2,1-2H3,(H,25,29). The zero-order valence-electron chi connectivity index (χ0n) is 18.1. The predicted octanol–water partition coefficient (Wildman–Crippen LogP) is 2.97. The molecule has 2 heterocycles. The van der Waals surface area contributed by atoms with E-state index in [9.17, 15) is 9.59 Å². The Bertz CT molecular complexity index is 956. The molecule has 2 aromatic carbocycles. The van der Waals surface area contributed by atoms with E-state index >= 15 is 0 Å². The largest absolute Gasteiger partial charge is 0.493 e. The SMILES string of the molecule is COc1ccc(N2CC(C(=O)NCc3ccccc3N3CCCC3)CC2=O)cc1OC. The summed E-state index contributed by atoms with van der Waals surface area (Å²) in [6, 6.07) is 13.6. The zero-order valence-corrected chi connectivity index (χ0v) is 18.1. The lowest BCUT2D eigenvalue weighted by atomic mass is 10.1. The highest BCUT2D eigenvalue weighted by atomic mass is 16.5. The minimum Gasteiger partial charge on any atom is -0.493 e. The molecule has 0 aliphatic carbocycles. The van der Waals surface area contributed by atoms with E-state index in [-0.39, 0.29) is 24.2 Å². The molecule has 2 aliphatic heterocycles. The molecule has 31 heavy (non-hydrogen) atoms. The molecule has 1 N–H and O–H groups in total. The van der Waals surface area contributed by atoms with E-state index in [4.69, 9.17) is 9.47 Å². The second-order valence-corrected chi connectivity index (χ2v) is 7.99. The maximum Gasteiger partial charge on any atom is 0.227 e. The fourth-order valence-corrected chi connectivity index (χ4v) is 4.38. The summed E-state index contributed by atoms with van der Waals surface area (Å²) >= 11 is 0. The van der Waals surface area contributed by atoms with Gasteiger partial charge in [-0.05, 0) is 36.6 Å². The van der Waals surface area contributed by atoms with Gasteiger partial charge in [-0.2, -0.15) is 0 Å². The number of nitrogens with zero attached hydrogens (tertiary/aromatic N) is 2. The number of carbonyl (C=O) groups is 2. The molecule has 0 radical (unpaired) electrons. The van der Waals surface area contributed by atoms with Crippen LogP contribution in [0.4, 0.5) is 11.4 Å². The average molecular weight is 424 g/mol. The van der Waals surface area contributed by atoms with Crippen LogP contribution in [0.25, 0.3) is 0 Å². The van der Waals surface area contributed by atoms with Gasteiger partial charge in [0.2, 0.25) is 11.8 Å². The average Bonchev–Trinajstić information content (AvgIpc) is 3.47. The zero-order chi connectivity index (χ0) is 21.8. The van der Waals surface area contributed by atoms with Crippen LogP contribution >= 0.6 is 0 Å². The molecule has 0 saturated carbocycles. The lowest BCUT2D eigenvalue weighted by molar-refractivity contribution is -0.126. The topological polar surface area (TPSA) is 71.1 Å². The Kier molecular flexibility index (Phi) is 6.30. The van der Waals surface area contributed by atoms with Crippen LogP contribution < -0.4 is 24.6 Å². The summed E-state index contributed by atoms with van der Waals surface area (Å²) in [6.07, 6.45) is 2.61. The summed E-state index contributed by atoms with van der Waals surface area (Å²) in [5.41, 5.74) is 3.01. The molecule has 2 saturated heterocycles. The minimum absolute atomic E-state index is 0.0650. The molecule has 1 unspecified atom stereocenters. The monoisotopic (exact) mass is 423 g/mol. The molecule has 7 heteroatoms. The number of anilines is 2. The summed E-state index contributed by atoms with van der Waals surface area (Å²) in [5, 5.41) is 3.05. The van der Waals surface area contributed by atoms with Crippen molar-refractivity contribution in [3.63, 3.8) is 0 Å². The van der Waals surface area contributed by atoms with E-state index in [0.717, 1.165) is 18.7 Å². The Morgan fingerprint density at radius 3 is 2.55 bits per heavy atom. The number of rotatable bonds is 7. The Morgan fingerprint density at radius 2 is 1.81 bits per heavy atom. The van der Waals surface area contributed by atoms with Gasteiger partial charge >= 0.3 is 0 Å². The van der Waals surface area contributed by atoms with E-state index in [1.807, 2.05) is 18.2 Å². The summed E-state index contributed by atoms with van der Waals surface area (Å²) < 4.78 is 10.6. The normalized spacial score (nSPS) is 18.4. The molecular formula is C24H29N3O4. The summed E-state index contributed by atoms with van der Waals surface area (Å²) in [6.45, 7) is 2.94. The van der Waals surface area contributed by atoms with Crippen LogP contribution in [0.15, 0.2) is 42.5 Å². The highest BCUT2D eigenvalue weighted by Crippen LogP contribution is 2.34. The first-order chi connectivity index (χ1) is 15.1. The van der Waals surface area contributed by atoms with Gasteiger partial charge in [0.1, 0.15) is 0 Å². The van der Waals surface area contributed by atoms with Crippen molar-refractivity contribution in [2.24, 2.45) is 5.92 Å². The molecule has 0 aromatic heterocycles. The van der Waals surface area contributed by atoms with Gasteiger partial charge < -0.3 is 24.6 Å². The van der Waals surface area contributed by atoms with Crippen molar-refractivity contribution in [1.29, 1.82) is 0 Å². The third kappa shape index (κ3) is 4.45. The number of benzene rings is 2. The van der Waals surface area contributed by atoms with Crippen LogP contribution in [-0.4, -0.2) is 45.7 Å². The fourth-order valence-electron chi connectivity index (χ4n) is 4.38. The Balaban J connectivity index is 1.40. The Labute approximate surface area is 182 Å². The van der Waals surface area contributed by atoms with Gasteiger partial charge in [0.15, 0.2) is 11.5 Å². The predicted molar refractivity (Wildman–Crippen MR) is 120 cm³/mol. The number of amides is 2. The van der Waals surface area contributed by atoms with Gasteiger partial charge in [0, 0.05) is 50.0 Å². The summed E-state index contributed by atoms with van der Waals surface area (Å²) in [5.74, 6) is 0.625. The molecule has 2 aromatic rings. The second kappa shape index (κ2) is 9.29. The lowest BCUT2D eigenvalue weighted by Gasteiger charge is -2.22. The maximum absolute atomic E-state index is 12.8. The van der Waals surface area contributed by atoms with E-state index in [2.05, 4.69) is 22.3 Å². The van der Waals surface area contributed by atoms with Crippen LogP contribution in [0.2, 0.25) is 0 Å². The van der Waals surface area contributed by atoms with Crippen molar-refractivity contribution in [1.82, 2.24) is 5.32 Å². The molecular weight excluding hydrogens is 394 g/mol.